The Labute approximate surface area is 199 Å². The van der Waals surface area contributed by atoms with E-state index in [0.717, 1.165) is 44.2 Å². The first-order valence-corrected chi connectivity index (χ1v) is 11.5. The summed E-state index contributed by atoms with van der Waals surface area (Å²) in [5.74, 6) is 1.61. The number of halogens is 1. The lowest BCUT2D eigenvalue weighted by atomic mass is 10.0. The van der Waals surface area contributed by atoms with Gasteiger partial charge < -0.3 is 9.47 Å². The van der Waals surface area contributed by atoms with Crippen LogP contribution in [0.5, 0.6) is 11.5 Å². The third-order valence-corrected chi connectivity index (χ3v) is 6.22. The summed E-state index contributed by atoms with van der Waals surface area (Å²) < 4.78 is 12.9. The molecule has 0 saturated heterocycles. The lowest BCUT2D eigenvalue weighted by Gasteiger charge is -2.19. The van der Waals surface area contributed by atoms with Gasteiger partial charge in [0.05, 0.1) is 5.02 Å². The molecule has 0 atom stereocenters. The van der Waals surface area contributed by atoms with E-state index in [-0.39, 0.29) is 0 Å². The van der Waals surface area contributed by atoms with Gasteiger partial charge >= 0.3 is 0 Å². The van der Waals surface area contributed by atoms with E-state index in [9.17, 15) is 0 Å². The van der Waals surface area contributed by atoms with Gasteiger partial charge in [0.2, 0.25) is 0 Å². The van der Waals surface area contributed by atoms with Crippen molar-refractivity contribution in [3.8, 4) is 11.5 Å². The van der Waals surface area contributed by atoms with E-state index >= 15 is 0 Å². The standard InChI is InChI=1S/C30H25ClO2/c1-20-10-14-22(15-11-20)18-32-29-24-6-3-4-7-25(24)30(28-26(29)8-5-9-27(28)31)33-19-23-16-12-21(2)13-17-23/h3-17H,18-19H2,1-2H3. The van der Waals surface area contributed by atoms with Gasteiger partial charge in [0.25, 0.3) is 0 Å². The SMILES string of the molecule is Cc1ccc(COc2c3ccccc3c(OCc3ccc(C)cc3)c3c(Cl)cccc23)cc1. The molecule has 5 rings (SSSR count). The van der Waals surface area contributed by atoms with Crippen molar-refractivity contribution in [3.05, 3.63) is 118 Å². The molecule has 0 aliphatic heterocycles. The summed E-state index contributed by atoms with van der Waals surface area (Å²) in [6.07, 6.45) is 0. The quantitative estimate of drug-likeness (QED) is 0.241. The summed E-state index contributed by atoms with van der Waals surface area (Å²) in [7, 11) is 0. The number of ether oxygens (including phenoxy) is 2. The molecule has 0 aliphatic carbocycles. The molecule has 0 aliphatic rings. The second-order valence-electron chi connectivity index (χ2n) is 8.41. The fourth-order valence-corrected chi connectivity index (χ4v) is 4.35. The highest BCUT2D eigenvalue weighted by Crippen LogP contribution is 2.45. The van der Waals surface area contributed by atoms with Crippen molar-refractivity contribution in [2.24, 2.45) is 0 Å². The van der Waals surface area contributed by atoms with Crippen LogP contribution in [0.3, 0.4) is 0 Å². The smallest absolute Gasteiger partial charge is 0.137 e. The van der Waals surface area contributed by atoms with E-state index in [1.165, 1.54) is 11.1 Å². The monoisotopic (exact) mass is 452 g/mol. The van der Waals surface area contributed by atoms with Crippen molar-refractivity contribution in [1.29, 1.82) is 0 Å². The zero-order chi connectivity index (χ0) is 22.8. The molecule has 0 spiro atoms. The van der Waals surface area contributed by atoms with E-state index in [4.69, 9.17) is 21.1 Å². The molecule has 164 valence electrons. The van der Waals surface area contributed by atoms with Crippen LogP contribution in [0.2, 0.25) is 5.02 Å². The minimum absolute atomic E-state index is 0.466. The number of hydrogen-bond donors (Lipinski definition) is 0. The normalized spacial score (nSPS) is 11.1. The minimum Gasteiger partial charge on any atom is -0.488 e. The van der Waals surface area contributed by atoms with Crippen molar-refractivity contribution in [1.82, 2.24) is 0 Å². The lowest BCUT2D eigenvalue weighted by molar-refractivity contribution is 0.308. The Morgan fingerprint density at radius 1 is 0.545 bits per heavy atom. The highest BCUT2D eigenvalue weighted by molar-refractivity contribution is 6.37. The average Bonchev–Trinajstić information content (AvgIpc) is 2.83. The minimum atomic E-state index is 0.466. The predicted molar refractivity (Wildman–Crippen MR) is 137 cm³/mol. The van der Waals surface area contributed by atoms with Gasteiger partial charge in [0.15, 0.2) is 0 Å². The van der Waals surface area contributed by atoms with Crippen molar-refractivity contribution in [3.63, 3.8) is 0 Å². The van der Waals surface area contributed by atoms with Crippen molar-refractivity contribution in [2.75, 3.05) is 0 Å². The van der Waals surface area contributed by atoms with Gasteiger partial charge in [-0.1, -0.05) is 108 Å². The van der Waals surface area contributed by atoms with Crippen molar-refractivity contribution >= 4 is 33.1 Å². The summed E-state index contributed by atoms with van der Waals surface area (Å²) >= 11 is 6.74. The first-order valence-electron chi connectivity index (χ1n) is 11.1. The Balaban J connectivity index is 1.60. The Morgan fingerprint density at radius 2 is 1.03 bits per heavy atom. The van der Waals surface area contributed by atoms with Crippen LogP contribution in [0.4, 0.5) is 0 Å². The van der Waals surface area contributed by atoms with Gasteiger partial charge in [0, 0.05) is 21.5 Å². The topological polar surface area (TPSA) is 18.5 Å². The Morgan fingerprint density at radius 3 is 1.61 bits per heavy atom. The van der Waals surface area contributed by atoms with Crippen LogP contribution in [0.15, 0.2) is 91.0 Å². The van der Waals surface area contributed by atoms with E-state index < -0.39 is 0 Å². The summed E-state index contributed by atoms with van der Waals surface area (Å²) in [5, 5.41) is 4.48. The second-order valence-corrected chi connectivity index (χ2v) is 8.82. The molecule has 0 unspecified atom stereocenters. The van der Waals surface area contributed by atoms with Crippen LogP contribution in [-0.4, -0.2) is 0 Å². The fourth-order valence-electron chi connectivity index (χ4n) is 4.09. The van der Waals surface area contributed by atoms with Gasteiger partial charge in [-0.25, -0.2) is 0 Å². The number of aryl methyl sites for hydroxylation is 2. The molecule has 0 aromatic heterocycles. The van der Waals surface area contributed by atoms with Gasteiger partial charge in [-0.3, -0.25) is 0 Å². The molecule has 0 radical (unpaired) electrons. The summed E-state index contributed by atoms with van der Waals surface area (Å²) in [6, 6.07) is 30.9. The van der Waals surface area contributed by atoms with Gasteiger partial charge in [-0.2, -0.15) is 0 Å². The molecular weight excluding hydrogens is 428 g/mol. The largest absolute Gasteiger partial charge is 0.488 e. The third-order valence-electron chi connectivity index (χ3n) is 5.91. The third kappa shape index (κ3) is 4.40. The second kappa shape index (κ2) is 9.17. The number of benzene rings is 5. The lowest BCUT2D eigenvalue weighted by Crippen LogP contribution is -2.01. The molecule has 0 N–H and O–H groups in total. The molecule has 3 heteroatoms. The van der Waals surface area contributed by atoms with E-state index in [2.05, 4.69) is 80.6 Å². The summed E-state index contributed by atoms with van der Waals surface area (Å²) in [4.78, 5) is 0. The first kappa shape index (κ1) is 21.4. The fraction of sp³-hybridized carbons (Fsp3) is 0.133. The van der Waals surface area contributed by atoms with Gasteiger partial charge in [-0.05, 0) is 31.0 Å². The molecule has 0 amide bonds. The maximum Gasteiger partial charge on any atom is 0.137 e. The molecule has 2 nitrogen and oxygen atoms in total. The average molecular weight is 453 g/mol. The Bertz CT molecular complexity index is 1420. The van der Waals surface area contributed by atoms with E-state index in [0.29, 0.717) is 18.2 Å². The molecule has 0 bridgehead atoms. The molecular formula is C30H25ClO2. The zero-order valence-electron chi connectivity index (χ0n) is 18.8. The first-order chi connectivity index (χ1) is 16.1. The van der Waals surface area contributed by atoms with E-state index in [1.807, 2.05) is 24.3 Å². The molecule has 0 heterocycles. The predicted octanol–water partition coefficient (Wildman–Crippen LogP) is 8.42. The van der Waals surface area contributed by atoms with Crippen LogP contribution < -0.4 is 9.47 Å². The molecule has 5 aromatic carbocycles. The zero-order valence-corrected chi connectivity index (χ0v) is 19.5. The highest BCUT2D eigenvalue weighted by atomic mass is 35.5. The summed E-state index contributed by atoms with van der Waals surface area (Å²) in [6.45, 7) is 5.12. The maximum atomic E-state index is 6.74. The number of rotatable bonds is 6. The molecule has 33 heavy (non-hydrogen) atoms. The van der Waals surface area contributed by atoms with Crippen LogP contribution in [0, 0.1) is 13.8 Å². The van der Waals surface area contributed by atoms with Crippen LogP contribution in [-0.2, 0) is 13.2 Å². The van der Waals surface area contributed by atoms with Crippen molar-refractivity contribution in [2.45, 2.75) is 27.1 Å². The van der Waals surface area contributed by atoms with Crippen LogP contribution in [0.25, 0.3) is 21.5 Å². The Hall–Kier alpha value is -3.49. The van der Waals surface area contributed by atoms with Crippen LogP contribution >= 0.6 is 11.6 Å². The molecule has 0 saturated carbocycles. The van der Waals surface area contributed by atoms with Crippen molar-refractivity contribution < 1.29 is 9.47 Å². The number of fused-ring (bicyclic) bond motifs is 2. The van der Waals surface area contributed by atoms with Gasteiger partial charge in [0.1, 0.15) is 24.7 Å². The molecule has 0 fully saturated rings. The van der Waals surface area contributed by atoms with Gasteiger partial charge in [-0.15, -0.1) is 0 Å². The number of hydrogen-bond acceptors (Lipinski definition) is 2. The highest BCUT2D eigenvalue weighted by Gasteiger charge is 2.18. The van der Waals surface area contributed by atoms with E-state index in [1.54, 1.807) is 0 Å². The molecule has 5 aromatic rings. The Kier molecular flexibility index (Phi) is 5.93. The maximum absolute atomic E-state index is 6.74. The summed E-state index contributed by atoms with van der Waals surface area (Å²) in [5.41, 5.74) is 4.70. The van der Waals surface area contributed by atoms with Crippen LogP contribution in [0.1, 0.15) is 22.3 Å².